The molecular formula is C17H15N3OS. The summed E-state index contributed by atoms with van der Waals surface area (Å²) in [6, 6.07) is 17.2. The molecule has 110 valence electrons. The van der Waals surface area contributed by atoms with Crippen LogP contribution in [0.4, 0.5) is 0 Å². The van der Waals surface area contributed by atoms with Gasteiger partial charge in [-0.3, -0.25) is 0 Å². The number of nitriles is 1. The van der Waals surface area contributed by atoms with Gasteiger partial charge in [0.25, 0.3) is 0 Å². The zero-order chi connectivity index (χ0) is 15.5. The number of aromatic nitrogens is 2. The Bertz CT molecular complexity index is 833. The molecule has 5 heteroatoms. The number of aryl methyl sites for hydroxylation is 1. The second-order valence-electron chi connectivity index (χ2n) is 5.05. The van der Waals surface area contributed by atoms with Crippen LogP contribution in [0.25, 0.3) is 11.0 Å². The van der Waals surface area contributed by atoms with Crippen LogP contribution in [0, 0.1) is 11.3 Å². The molecule has 0 aliphatic rings. The minimum atomic E-state index is -0.222. The Kier molecular flexibility index (Phi) is 4.03. The Hall–Kier alpha value is -2.45. The molecule has 3 rings (SSSR count). The number of phenols is 1. The Balaban J connectivity index is 1.81. The van der Waals surface area contributed by atoms with E-state index in [9.17, 15) is 10.4 Å². The smallest absolute Gasteiger partial charge is 0.170 e. The highest BCUT2D eigenvalue weighted by molar-refractivity contribution is 8.00. The molecule has 1 atom stereocenters. The first-order valence-electron chi connectivity index (χ1n) is 6.93. The molecule has 1 heterocycles. The van der Waals surface area contributed by atoms with Gasteiger partial charge in [-0.25, -0.2) is 4.98 Å². The average molecular weight is 309 g/mol. The topological polar surface area (TPSA) is 61.8 Å². The zero-order valence-corrected chi connectivity index (χ0v) is 12.9. The Labute approximate surface area is 133 Å². The molecule has 0 bridgehead atoms. The molecule has 0 radical (unpaired) electrons. The van der Waals surface area contributed by atoms with Crippen molar-refractivity contribution < 1.29 is 5.11 Å². The summed E-state index contributed by atoms with van der Waals surface area (Å²) in [4.78, 5) is 4.59. The normalized spacial score (nSPS) is 12.2. The first-order valence-corrected chi connectivity index (χ1v) is 7.81. The van der Waals surface area contributed by atoms with E-state index in [4.69, 9.17) is 0 Å². The van der Waals surface area contributed by atoms with E-state index in [0.717, 1.165) is 21.8 Å². The monoisotopic (exact) mass is 309 g/mol. The van der Waals surface area contributed by atoms with Gasteiger partial charge in [-0.1, -0.05) is 36.0 Å². The summed E-state index contributed by atoms with van der Waals surface area (Å²) < 4.78 is 2.02. The molecule has 4 nitrogen and oxygen atoms in total. The molecule has 22 heavy (non-hydrogen) atoms. The van der Waals surface area contributed by atoms with Gasteiger partial charge in [0.2, 0.25) is 0 Å². The second-order valence-corrected chi connectivity index (χ2v) is 6.22. The molecule has 0 saturated carbocycles. The van der Waals surface area contributed by atoms with Crippen molar-refractivity contribution in [3.05, 3.63) is 54.1 Å². The summed E-state index contributed by atoms with van der Waals surface area (Å²) in [5.41, 5.74) is 3.02. The molecule has 1 unspecified atom stereocenters. The Morgan fingerprint density at radius 2 is 1.95 bits per heavy atom. The number of phenolic OH excluding ortho intramolecular Hbond substituents is 1. The third kappa shape index (κ3) is 2.92. The van der Waals surface area contributed by atoms with Crippen LogP contribution in [0.5, 0.6) is 5.75 Å². The van der Waals surface area contributed by atoms with Gasteiger partial charge >= 0.3 is 0 Å². The van der Waals surface area contributed by atoms with Crippen molar-refractivity contribution in [3.8, 4) is 11.8 Å². The van der Waals surface area contributed by atoms with Crippen molar-refractivity contribution in [3.63, 3.8) is 0 Å². The summed E-state index contributed by atoms with van der Waals surface area (Å²) >= 11 is 1.47. The number of aromatic hydroxyl groups is 1. The van der Waals surface area contributed by atoms with E-state index in [1.165, 1.54) is 11.8 Å². The number of hydrogen-bond donors (Lipinski definition) is 1. The van der Waals surface area contributed by atoms with Gasteiger partial charge in [-0.15, -0.1) is 0 Å². The quantitative estimate of drug-likeness (QED) is 0.749. The minimum absolute atomic E-state index is 0.222. The highest BCUT2D eigenvalue weighted by Gasteiger charge is 2.15. The van der Waals surface area contributed by atoms with Crippen LogP contribution in [-0.2, 0) is 13.5 Å². The van der Waals surface area contributed by atoms with E-state index in [-0.39, 0.29) is 11.0 Å². The fourth-order valence-corrected chi connectivity index (χ4v) is 3.31. The van der Waals surface area contributed by atoms with Crippen LogP contribution in [0.2, 0.25) is 0 Å². The van der Waals surface area contributed by atoms with Crippen molar-refractivity contribution in [1.82, 2.24) is 9.55 Å². The minimum Gasteiger partial charge on any atom is -0.508 e. The van der Waals surface area contributed by atoms with Gasteiger partial charge in [0.1, 0.15) is 11.0 Å². The zero-order valence-electron chi connectivity index (χ0n) is 12.1. The largest absolute Gasteiger partial charge is 0.508 e. The summed E-state index contributed by atoms with van der Waals surface area (Å²) in [5.74, 6) is 0.236. The van der Waals surface area contributed by atoms with Gasteiger partial charge < -0.3 is 9.67 Å². The molecule has 1 aromatic heterocycles. The fraction of sp³-hybridized carbons (Fsp3) is 0.176. The highest BCUT2D eigenvalue weighted by Crippen LogP contribution is 2.28. The lowest BCUT2D eigenvalue weighted by Gasteiger charge is -2.09. The van der Waals surface area contributed by atoms with E-state index in [0.29, 0.717) is 6.42 Å². The lowest BCUT2D eigenvalue weighted by molar-refractivity contribution is 0.475. The van der Waals surface area contributed by atoms with E-state index in [1.54, 1.807) is 12.1 Å². The molecule has 2 aromatic carbocycles. The van der Waals surface area contributed by atoms with Crippen molar-refractivity contribution in [2.75, 3.05) is 0 Å². The Morgan fingerprint density at radius 1 is 1.23 bits per heavy atom. The first kappa shape index (κ1) is 14.5. The van der Waals surface area contributed by atoms with Gasteiger partial charge in [0.05, 0.1) is 17.1 Å². The summed E-state index contributed by atoms with van der Waals surface area (Å²) in [6.45, 7) is 0. The molecule has 1 N–H and O–H groups in total. The number of hydrogen-bond acceptors (Lipinski definition) is 4. The number of nitrogens with zero attached hydrogens (tertiary/aromatic N) is 3. The van der Waals surface area contributed by atoms with Gasteiger partial charge in [0, 0.05) is 7.05 Å². The SMILES string of the molecule is Cn1c(SC(C#N)Cc2ccc(O)cc2)nc2ccccc21. The van der Waals surface area contributed by atoms with Gasteiger partial charge in [-0.2, -0.15) is 5.26 Å². The van der Waals surface area contributed by atoms with Crippen LogP contribution in [0.1, 0.15) is 5.56 Å². The van der Waals surface area contributed by atoms with Gasteiger partial charge in [0.15, 0.2) is 5.16 Å². The summed E-state index contributed by atoms with van der Waals surface area (Å²) in [5, 5.41) is 19.3. The maximum absolute atomic E-state index is 9.41. The maximum atomic E-state index is 9.41. The molecule has 0 aliphatic heterocycles. The first-order chi connectivity index (χ1) is 10.7. The van der Waals surface area contributed by atoms with Crippen molar-refractivity contribution in [2.45, 2.75) is 16.8 Å². The number of thioether (sulfide) groups is 1. The Morgan fingerprint density at radius 3 is 2.64 bits per heavy atom. The maximum Gasteiger partial charge on any atom is 0.170 e. The van der Waals surface area contributed by atoms with E-state index in [2.05, 4.69) is 11.1 Å². The molecular weight excluding hydrogens is 294 g/mol. The van der Waals surface area contributed by atoms with Crippen molar-refractivity contribution >= 4 is 22.8 Å². The van der Waals surface area contributed by atoms with E-state index >= 15 is 0 Å². The highest BCUT2D eigenvalue weighted by atomic mass is 32.2. The summed E-state index contributed by atoms with van der Waals surface area (Å²) in [6.07, 6.45) is 0.616. The number of imidazole rings is 1. The van der Waals surface area contributed by atoms with Crippen LogP contribution in [-0.4, -0.2) is 19.9 Å². The third-order valence-corrected chi connectivity index (χ3v) is 4.63. The molecule has 3 aromatic rings. The average Bonchev–Trinajstić information content (AvgIpc) is 2.85. The van der Waals surface area contributed by atoms with Crippen LogP contribution in [0.15, 0.2) is 53.7 Å². The number of rotatable bonds is 4. The number of benzene rings is 2. The standard InChI is InChI=1S/C17H15N3OS/c1-20-16-5-3-2-4-15(16)19-17(20)22-14(11-18)10-12-6-8-13(21)9-7-12/h2-9,14,21H,10H2,1H3. The predicted molar refractivity (Wildman–Crippen MR) is 87.8 cm³/mol. The summed E-state index contributed by atoms with van der Waals surface area (Å²) in [7, 11) is 1.96. The molecule has 0 saturated heterocycles. The number of fused-ring (bicyclic) bond motifs is 1. The second kappa shape index (κ2) is 6.12. The van der Waals surface area contributed by atoms with Gasteiger partial charge in [-0.05, 0) is 36.2 Å². The molecule has 0 aliphatic carbocycles. The van der Waals surface area contributed by atoms with E-state index < -0.39 is 0 Å². The van der Waals surface area contributed by atoms with Crippen LogP contribution < -0.4 is 0 Å². The molecule has 0 fully saturated rings. The van der Waals surface area contributed by atoms with Crippen LogP contribution in [0.3, 0.4) is 0 Å². The lowest BCUT2D eigenvalue weighted by atomic mass is 10.1. The molecule has 0 spiro atoms. The van der Waals surface area contributed by atoms with Crippen molar-refractivity contribution in [1.29, 1.82) is 5.26 Å². The lowest BCUT2D eigenvalue weighted by Crippen LogP contribution is -2.05. The van der Waals surface area contributed by atoms with Crippen molar-refractivity contribution in [2.24, 2.45) is 7.05 Å². The van der Waals surface area contributed by atoms with Crippen LogP contribution >= 0.6 is 11.8 Å². The predicted octanol–water partition coefficient (Wildman–Crippen LogP) is 3.51. The third-order valence-electron chi connectivity index (χ3n) is 3.50. The molecule has 0 amide bonds. The number of para-hydroxylation sites is 2. The van der Waals surface area contributed by atoms with E-state index in [1.807, 2.05) is 48.0 Å². The fourth-order valence-electron chi connectivity index (χ4n) is 2.32.